The van der Waals surface area contributed by atoms with Crippen LogP contribution in [0, 0.1) is 11.6 Å². The molecular weight excluding hydrogens is 310 g/mol. The van der Waals surface area contributed by atoms with Crippen molar-refractivity contribution >= 4 is 33.0 Å². The molecule has 0 heterocycles. The van der Waals surface area contributed by atoms with E-state index in [1.165, 1.54) is 6.07 Å². The van der Waals surface area contributed by atoms with Gasteiger partial charge in [0.15, 0.2) is 0 Å². The van der Waals surface area contributed by atoms with Gasteiger partial charge in [-0.05, 0) is 30.3 Å². The molecule has 0 amide bonds. The van der Waals surface area contributed by atoms with Crippen LogP contribution in [0.1, 0.15) is 0 Å². The van der Waals surface area contributed by atoms with Crippen LogP contribution in [0.3, 0.4) is 0 Å². The van der Waals surface area contributed by atoms with Gasteiger partial charge in [-0.15, -0.1) is 0 Å². The summed E-state index contributed by atoms with van der Waals surface area (Å²) in [6.07, 6.45) is 0. The Morgan fingerprint density at radius 1 is 1.05 bits per heavy atom. The van der Waals surface area contributed by atoms with Crippen LogP contribution in [0.2, 0.25) is 5.02 Å². The Hall–Kier alpha value is -1.86. The van der Waals surface area contributed by atoms with Gasteiger partial charge in [0, 0.05) is 6.07 Å². The predicted octanol–water partition coefficient (Wildman–Crippen LogP) is 3.00. The third-order valence-electron chi connectivity index (χ3n) is 2.44. The van der Waals surface area contributed by atoms with Gasteiger partial charge in [-0.3, -0.25) is 4.72 Å². The molecule has 0 aromatic heterocycles. The zero-order valence-corrected chi connectivity index (χ0v) is 11.5. The van der Waals surface area contributed by atoms with Crippen LogP contribution in [0.5, 0.6) is 0 Å². The second kappa shape index (κ2) is 5.26. The molecule has 3 N–H and O–H groups in total. The average molecular weight is 319 g/mol. The van der Waals surface area contributed by atoms with E-state index in [9.17, 15) is 17.2 Å². The quantitative estimate of drug-likeness (QED) is 0.854. The number of hydrogen-bond donors (Lipinski definition) is 2. The summed E-state index contributed by atoms with van der Waals surface area (Å²) in [5, 5.41) is -0.158. The van der Waals surface area contributed by atoms with E-state index in [1.807, 2.05) is 0 Å². The first-order valence-electron chi connectivity index (χ1n) is 5.32. The van der Waals surface area contributed by atoms with Gasteiger partial charge in [0.2, 0.25) is 0 Å². The van der Waals surface area contributed by atoms with Gasteiger partial charge in [-0.1, -0.05) is 11.6 Å². The Morgan fingerprint density at radius 2 is 1.65 bits per heavy atom. The molecule has 0 saturated carbocycles. The van der Waals surface area contributed by atoms with E-state index < -0.39 is 26.6 Å². The average Bonchev–Trinajstić information content (AvgIpc) is 2.36. The number of rotatable bonds is 3. The fourth-order valence-corrected chi connectivity index (χ4v) is 3.09. The van der Waals surface area contributed by atoms with E-state index in [-0.39, 0.29) is 16.4 Å². The Kier molecular flexibility index (Phi) is 3.82. The summed E-state index contributed by atoms with van der Waals surface area (Å²) in [7, 11) is -4.17. The predicted molar refractivity (Wildman–Crippen MR) is 73.0 cm³/mol. The minimum Gasteiger partial charge on any atom is -0.397 e. The maximum atomic E-state index is 13.1. The molecular formula is C12H9ClF2N2O2S. The normalized spacial score (nSPS) is 11.3. The van der Waals surface area contributed by atoms with E-state index in [0.29, 0.717) is 0 Å². The first-order valence-corrected chi connectivity index (χ1v) is 7.18. The number of benzene rings is 2. The van der Waals surface area contributed by atoms with Crippen molar-refractivity contribution in [3.8, 4) is 0 Å². The Bertz CT molecular complexity index is 766. The van der Waals surface area contributed by atoms with Crippen LogP contribution < -0.4 is 10.5 Å². The highest BCUT2D eigenvalue weighted by Gasteiger charge is 2.20. The lowest BCUT2D eigenvalue weighted by Gasteiger charge is -2.11. The highest BCUT2D eigenvalue weighted by molar-refractivity contribution is 7.92. The molecule has 0 fully saturated rings. The number of hydrogen-bond acceptors (Lipinski definition) is 3. The van der Waals surface area contributed by atoms with E-state index in [2.05, 4.69) is 4.72 Å². The van der Waals surface area contributed by atoms with Crippen LogP contribution >= 0.6 is 11.6 Å². The van der Waals surface area contributed by atoms with Crippen LogP contribution in [-0.4, -0.2) is 8.42 Å². The Labute approximate surface area is 119 Å². The van der Waals surface area contributed by atoms with Crippen molar-refractivity contribution in [2.75, 3.05) is 10.5 Å². The minimum absolute atomic E-state index is 0.0301. The summed E-state index contributed by atoms with van der Waals surface area (Å²) in [5.41, 5.74) is 5.42. The molecule has 4 nitrogen and oxygen atoms in total. The number of anilines is 2. The SMILES string of the molecule is Nc1ccc(F)cc1NS(=O)(=O)c1cc(F)ccc1Cl. The summed E-state index contributed by atoms with van der Waals surface area (Å²) in [6, 6.07) is 6.11. The van der Waals surface area contributed by atoms with E-state index in [1.54, 1.807) is 0 Å². The molecule has 2 rings (SSSR count). The molecule has 0 aliphatic carbocycles. The molecule has 106 valence electrons. The topological polar surface area (TPSA) is 72.2 Å². The van der Waals surface area contributed by atoms with Gasteiger partial charge in [0.25, 0.3) is 10.0 Å². The smallest absolute Gasteiger partial charge is 0.263 e. The number of nitrogens with two attached hydrogens (primary N) is 1. The molecule has 0 aliphatic heterocycles. The van der Waals surface area contributed by atoms with Crippen molar-refractivity contribution in [2.45, 2.75) is 4.90 Å². The second-order valence-corrected chi connectivity index (χ2v) is 5.97. The van der Waals surface area contributed by atoms with Gasteiger partial charge in [-0.25, -0.2) is 17.2 Å². The largest absolute Gasteiger partial charge is 0.397 e. The Balaban J connectivity index is 2.46. The zero-order valence-electron chi connectivity index (χ0n) is 9.90. The zero-order chi connectivity index (χ0) is 14.9. The lowest BCUT2D eigenvalue weighted by Crippen LogP contribution is -2.15. The molecule has 2 aromatic carbocycles. The standard InChI is InChI=1S/C12H9ClF2N2O2S/c13-9-3-1-8(15)6-12(9)20(18,19)17-11-5-7(14)2-4-10(11)16/h1-6,17H,16H2. The monoisotopic (exact) mass is 318 g/mol. The molecule has 0 bridgehead atoms. The number of sulfonamides is 1. The Morgan fingerprint density at radius 3 is 2.35 bits per heavy atom. The third kappa shape index (κ3) is 3.00. The fourth-order valence-electron chi connectivity index (χ4n) is 1.50. The summed E-state index contributed by atoms with van der Waals surface area (Å²) in [6.45, 7) is 0. The molecule has 0 atom stereocenters. The van der Waals surface area contributed by atoms with Gasteiger partial charge in [0.1, 0.15) is 16.5 Å². The van der Waals surface area contributed by atoms with Crippen molar-refractivity contribution in [3.05, 3.63) is 53.1 Å². The van der Waals surface area contributed by atoms with Crippen LogP contribution in [0.15, 0.2) is 41.3 Å². The maximum absolute atomic E-state index is 13.1. The van der Waals surface area contributed by atoms with Crippen LogP contribution in [0.4, 0.5) is 20.2 Å². The summed E-state index contributed by atoms with van der Waals surface area (Å²) in [5.74, 6) is -1.43. The van der Waals surface area contributed by atoms with Crippen molar-refractivity contribution < 1.29 is 17.2 Å². The molecule has 0 spiro atoms. The first kappa shape index (κ1) is 14.5. The van der Waals surface area contributed by atoms with Gasteiger partial charge in [-0.2, -0.15) is 0 Å². The van der Waals surface area contributed by atoms with Crippen LogP contribution in [-0.2, 0) is 10.0 Å². The number of nitrogens with one attached hydrogen (secondary N) is 1. The summed E-state index contributed by atoms with van der Waals surface area (Å²) >= 11 is 5.73. The first-order chi connectivity index (χ1) is 9.29. The van der Waals surface area contributed by atoms with Gasteiger partial charge >= 0.3 is 0 Å². The second-order valence-electron chi connectivity index (χ2n) is 3.91. The van der Waals surface area contributed by atoms with Crippen molar-refractivity contribution in [1.82, 2.24) is 0 Å². The molecule has 2 aromatic rings. The molecule has 0 saturated heterocycles. The van der Waals surface area contributed by atoms with Crippen molar-refractivity contribution in [3.63, 3.8) is 0 Å². The van der Waals surface area contributed by atoms with Crippen molar-refractivity contribution in [1.29, 1.82) is 0 Å². The number of nitrogen functional groups attached to an aromatic ring is 1. The maximum Gasteiger partial charge on any atom is 0.263 e. The number of halogens is 3. The molecule has 20 heavy (non-hydrogen) atoms. The van der Waals surface area contributed by atoms with Crippen LogP contribution in [0.25, 0.3) is 0 Å². The van der Waals surface area contributed by atoms with E-state index in [4.69, 9.17) is 17.3 Å². The van der Waals surface area contributed by atoms with E-state index >= 15 is 0 Å². The van der Waals surface area contributed by atoms with Gasteiger partial charge < -0.3 is 5.73 Å². The minimum atomic E-state index is -4.17. The highest BCUT2D eigenvalue weighted by Crippen LogP contribution is 2.27. The molecule has 0 radical (unpaired) electrons. The summed E-state index contributed by atoms with van der Waals surface area (Å²) < 4.78 is 52.5. The fraction of sp³-hybridized carbons (Fsp3) is 0. The summed E-state index contributed by atoms with van der Waals surface area (Å²) in [4.78, 5) is -0.456. The molecule has 0 aliphatic rings. The lowest BCUT2D eigenvalue weighted by molar-refractivity contribution is 0.595. The lowest BCUT2D eigenvalue weighted by atomic mass is 10.3. The van der Waals surface area contributed by atoms with Gasteiger partial charge in [0.05, 0.1) is 16.4 Å². The van der Waals surface area contributed by atoms with Crippen molar-refractivity contribution in [2.24, 2.45) is 0 Å². The third-order valence-corrected chi connectivity index (χ3v) is 4.29. The highest BCUT2D eigenvalue weighted by atomic mass is 35.5. The molecule has 0 unspecified atom stereocenters. The molecule has 8 heteroatoms. The van der Waals surface area contributed by atoms with E-state index in [0.717, 1.165) is 30.3 Å².